The number of nitrogens with two attached hydrogens (primary N) is 1. The van der Waals surface area contributed by atoms with Crippen molar-refractivity contribution in [3.05, 3.63) is 24.3 Å². The third-order valence-corrected chi connectivity index (χ3v) is 2.28. The summed E-state index contributed by atoms with van der Waals surface area (Å²) in [7, 11) is 4.00. The van der Waals surface area contributed by atoms with E-state index in [0.29, 0.717) is 11.9 Å². The average molecular weight is 234 g/mol. The maximum absolute atomic E-state index is 5.84. The van der Waals surface area contributed by atoms with Gasteiger partial charge in [0.15, 0.2) is 5.96 Å². The van der Waals surface area contributed by atoms with E-state index in [1.54, 1.807) is 0 Å². The first-order chi connectivity index (χ1) is 8.00. The Hall–Kier alpha value is -1.71. The van der Waals surface area contributed by atoms with Gasteiger partial charge in [0.2, 0.25) is 0 Å². The molecule has 0 aromatic heterocycles. The fourth-order valence-corrected chi connectivity index (χ4v) is 1.43. The van der Waals surface area contributed by atoms with Crippen LogP contribution in [-0.2, 0) is 0 Å². The Kier molecular flexibility index (Phi) is 4.82. The van der Waals surface area contributed by atoms with Gasteiger partial charge in [-0.25, -0.2) is 0 Å². The molecular weight excluding hydrogens is 212 g/mol. The highest BCUT2D eigenvalue weighted by Crippen LogP contribution is 2.22. The highest BCUT2D eigenvalue weighted by atomic mass is 15.1. The molecule has 0 aliphatic heterocycles. The average Bonchev–Trinajstić information content (AvgIpc) is 2.27. The molecule has 0 saturated heterocycles. The molecule has 94 valence electrons. The first-order valence-electron chi connectivity index (χ1n) is 5.84. The summed E-state index contributed by atoms with van der Waals surface area (Å²) in [5, 5.41) is 3.13. The molecule has 0 bridgehead atoms. The maximum atomic E-state index is 5.84. The molecule has 4 heteroatoms. The molecule has 0 spiro atoms. The van der Waals surface area contributed by atoms with Gasteiger partial charge >= 0.3 is 0 Å². The number of nitrogens with zero attached hydrogens (tertiary/aromatic N) is 2. The highest BCUT2D eigenvalue weighted by molar-refractivity contribution is 5.95. The second kappa shape index (κ2) is 6.13. The smallest absolute Gasteiger partial charge is 0.193 e. The zero-order valence-corrected chi connectivity index (χ0v) is 11.1. The van der Waals surface area contributed by atoms with Crippen LogP contribution in [0.2, 0.25) is 0 Å². The van der Waals surface area contributed by atoms with Gasteiger partial charge in [-0.15, -0.1) is 0 Å². The van der Waals surface area contributed by atoms with E-state index in [4.69, 9.17) is 5.73 Å². The summed E-state index contributed by atoms with van der Waals surface area (Å²) in [5.41, 5.74) is 7.91. The molecule has 0 atom stereocenters. The molecule has 1 aromatic carbocycles. The minimum absolute atomic E-state index is 0.466. The third kappa shape index (κ3) is 4.34. The highest BCUT2D eigenvalue weighted by Gasteiger charge is 2.04. The Balaban J connectivity index is 2.77. The molecule has 0 heterocycles. The molecule has 17 heavy (non-hydrogen) atoms. The van der Waals surface area contributed by atoms with Crippen molar-refractivity contribution in [3.8, 4) is 0 Å². The summed E-state index contributed by atoms with van der Waals surface area (Å²) in [4.78, 5) is 6.32. The van der Waals surface area contributed by atoms with Crippen LogP contribution in [0.15, 0.2) is 29.3 Å². The molecule has 0 amide bonds. The number of anilines is 2. The lowest BCUT2D eigenvalue weighted by molar-refractivity contribution is 0.665. The van der Waals surface area contributed by atoms with Gasteiger partial charge in [-0.3, -0.25) is 4.99 Å². The van der Waals surface area contributed by atoms with E-state index in [0.717, 1.165) is 17.9 Å². The first-order valence-corrected chi connectivity index (χ1v) is 5.84. The zero-order chi connectivity index (χ0) is 12.8. The fourth-order valence-electron chi connectivity index (χ4n) is 1.43. The molecule has 1 rings (SSSR count). The van der Waals surface area contributed by atoms with E-state index < -0.39 is 0 Å². The first kappa shape index (κ1) is 13.4. The standard InChI is InChI=1S/C13H22N4/c1-10(2)9-15-13(14)16-11-7-5-6-8-12(11)17(3)4/h5-8,10H,9H2,1-4H3,(H3,14,15,16). The van der Waals surface area contributed by atoms with Crippen molar-refractivity contribution in [3.63, 3.8) is 0 Å². The quantitative estimate of drug-likeness (QED) is 0.620. The molecule has 0 unspecified atom stereocenters. The van der Waals surface area contributed by atoms with Crippen LogP contribution in [0, 0.1) is 5.92 Å². The lowest BCUT2D eigenvalue weighted by atomic mass is 10.2. The van der Waals surface area contributed by atoms with Crippen molar-refractivity contribution in [1.29, 1.82) is 0 Å². The number of guanidine groups is 1. The van der Waals surface area contributed by atoms with Gasteiger partial charge in [-0.1, -0.05) is 26.0 Å². The molecule has 0 radical (unpaired) electrons. The van der Waals surface area contributed by atoms with Gasteiger partial charge in [-0.05, 0) is 18.1 Å². The minimum Gasteiger partial charge on any atom is -0.376 e. The van der Waals surface area contributed by atoms with Crippen LogP contribution in [-0.4, -0.2) is 26.6 Å². The van der Waals surface area contributed by atoms with E-state index in [1.807, 2.05) is 43.3 Å². The van der Waals surface area contributed by atoms with E-state index in [-0.39, 0.29) is 0 Å². The van der Waals surface area contributed by atoms with Gasteiger partial charge < -0.3 is 16.0 Å². The van der Waals surface area contributed by atoms with Crippen LogP contribution in [0.4, 0.5) is 11.4 Å². The Labute approximate surface area is 104 Å². The van der Waals surface area contributed by atoms with Crippen LogP contribution in [0.5, 0.6) is 0 Å². The van der Waals surface area contributed by atoms with Crippen LogP contribution < -0.4 is 16.0 Å². The number of nitrogens with one attached hydrogen (secondary N) is 1. The summed E-state index contributed by atoms with van der Waals surface area (Å²) in [6.07, 6.45) is 0. The monoisotopic (exact) mass is 234 g/mol. The summed E-state index contributed by atoms with van der Waals surface area (Å²) in [6.45, 7) is 4.97. The van der Waals surface area contributed by atoms with Crippen molar-refractivity contribution in [2.24, 2.45) is 16.6 Å². The minimum atomic E-state index is 0.466. The molecule has 1 aromatic rings. The number of hydrogen-bond acceptors (Lipinski definition) is 2. The van der Waals surface area contributed by atoms with Gasteiger partial charge in [0, 0.05) is 20.6 Å². The largest absolute Gasteiger partial charge is 0.376 e. The molecule has 3 N–H and O–H groups in total. The van der Waals surface area contributed by atoms with Gasteiger partial charge in [0.05, 0.1) is 11.4 Å². The second-order valence-corrected chi connectivity index (χ2v) is 4.66. The SMILES string of the molecule is CC(C)CN=C(N)Nc1ccccc1N(C)C. The Morgan fingerprint density at radius 1 is 1.35 bits per heavy atom. The van der Waals surface area contributed by atoms with Crippen molar-refractivity contribution < 1.29 is 0 Å². The Morgan fingerprint density at radius 3 is 2.59 bits per heavy atom. The van der Waals surface area contributed by atoms with Gasteiger partial charge in [0.1, 0.15) is 0 Å². The second-order valence-electron chi connectivity index (χ2n) is 4.66. The predicted molar refractivity (Wildman–Crippen MR) is 75.7 cm³/mol. The number of hydrogen-bond donors (Lipinski definition) is 2. The molecule has 0 aliphatic carbocycles. The number of rotatable bonds is 4. The lowest BCUT2D eigenvalue weighted by Gasteiger charge is -2.18. The predicted octanol–water partition coefficient (Wildman–Crippen LogP) is 2.14. The topological polar surface area (TPSA) is 53.6 Å². The summed E-state index contributed by atoms with van der Waals surface area (Å²) >= 11 is 0. The van der Waals surface area contributed by atoms with E-state index in [2.05, 4.69) is 24.2 Å². The summed E-state index contributed by atoms with van der Waals surface area (Å²) < 4.78 is 0. The van der Waals surface area contributed by atoms with E-state index >= 15 is 0 Å². The van der Waals surface area contributed by atoms with E-state index in [9.17, 15) is 0 Å². The normalized spacial score (nSPS) is 11.7. The van der Waals surface area contributed by atoms with Crippen molar-refractivity contribution in [2.75, 3.05) is 30.9 Å². The molecule has 4 nitrogen and oxygen atoms in total. The zero-order valence-electron chi connectivity index (χ0n) is 11.1. The Morgan fingerprint density at radius 2 is 2.00 bits per heavy atom. The van der Waals surface area contributed by atoms with E-state index in [1.165, 1.54) is 0 Å². The van der Waals surface area contributed by atoms with Crippen LogP contribution >= 0.6 is 0 Å². The van der Waals surface area contributed by atoms with Crippen molar-refractivity contribution in [1.82, 2.24) is 0 Å². The lowest BCUT2D eigenvalue weighted by Crippen LogP contribution is -2.24. The number of aliphatic imine (C=N–C) groups is 1. The molecule has 0 aliphatic rings. The molecular formula is C13H22N4. The van der Waals surface area contributed by atoms with Crippen molar-refractivity contribution >= 4 is 17.3 Å². The summed E-state index contributed by atoms with van der Waals surface area (Å²) in [5.74, 6) is 0.979. The maximum Gasteiger partial charge on any atom is 0.193 e. The summed E-state index contributed by atoms with van der Waals surface area (Å²) in [6, 6.07) is 8.01. The van der Waals surface area contributed by atoms with Crippen LogP contribution in [0.1, 0.15) is 13.8 Å². The molecule has 0 fully saturated rings. The number of benzene rings is 1. The molecule has 0 saturated carbocycles. The van der Waals surface area contributed by atoms with Gasteiger partial charge in [0.25, 0.3) is 0 Å². The van der Waals surface area contributed by atoms with Crippen molar-refractivity contribution in [2.45, 2.75) is 13.8 Å². The Bertz CT molecular complexity index is 383. The van der Waals surface area contributed by atoms with Crippen LogP contribution in [0.3, 0.4) is 0 Å². The van der Waals surface area contributed by atoms with Crippen LogP contribution in [0.25, 0.3) is 0 Å². The van der Waals surface area contributed by atoms with Gasteiger partial charge in [-0.2, -0.15) is 0 Å². The third-order valence-electron chi connectivity index (χ3n) is 2.28. The number of para-hydroxylation sites is 2. The fraction of sp³-hybridized carbons (Fsp3) is 0.462.